The molecular weight excluding hydrogens is 452 g/mol. The molecular formula is C27H33BrO3. The number of ketones is 1. The van der Waals surface area contributed by atoms with Crippen LogP contribution in [0.5, 0.6) is 0 Å². The van der Waals surface area contributed by atoms with Crippen LogP contribution in [0.3, 0.4) is 0 Å². The van der Waals surface area contributed by atoms with E-state index < -0.39 is 5.60 Å². The standard InChI is InChI=1S/C27H33BrO3/c1-25-15-20(17-3-5-18(28)6-4-17)24-19(21(25)7-8-23(25)29)9-13-27(30)16-26(11-2-14-31-26)12-10-22(24)27/h3-6,19-21,30H,2,7-16H2,1H3/t19?,20-,21?,25+,26?,27-/m1/s1. The van der Waals surface area contributed by atoms with Crippen molar-refractivity contribution in [1.29, 1.82) is 0 Å². The van der Waals surface area contributed by atoms with Gasteiger partial charge in [0.15, 0.2) is 0 Å². The molecule has 4 fully saturated rings. The molecule has 5 aliphatic rings. The van der Waals surface area contributed by atoms with Crippen LogP contribution in [0.1, 0.15) is 82.6 Å². The van der Waals surface area contributed by atoms with E-state index in [1.807, 2.05) is 0 Å². The lowest BCUT2D eigenvalue weighted by Crippen LogP contribution is -2.52. The predicted octanol–water partition coefficient (Wildman–Crippen LogP) is 6.09. The summed E-state index contributed by atoms with van der Waals surface area (Å²) in [6.07, 6.45) is 9.44. The van der Waals surface area contributed by atoms with E-state index in [0.717, 1.165) is 75.3 Å². The normalized spacial score (nSPS) is 44.4. The van der Waals surface area contributed by atoms with Gasteiger partial charge in [0.1, 0.15) is 5.78 Å². The second-order valence-electron chi connectivity index (χ2n) is 11.2. The average Bonchev–Trinajstić information content (AvgIpc) is 3.31. The summed E-state index contributed by atoms with van der Waals surface area (Å²) in [5, 5.41) is 12.0. The number of benzene rings is 1. The highest BCUT2D eigenvalue weighted by Gasteiger charge is 2.60. The zero-order chi connectivity index (χ0) is 21.4. The molecule has 1 saturated heterocycles. The number of hydrogen-bond donors (Lipinski definition) is 1. The van der Waals surface area contributed by atoms with Crippen LogP contribution in [0.25, 0.3) is 0 Å². The lowest BCUT2D eigenvalue weighted by Gasteiger charge is -2.55. The summed E-state index contributed by atoms with van der Waals surface area (Å²) in [5.41, 5.74) is 3.08. The van der Waals surface area contributed by atoms with Gasteiger partial charge in [0.05, 0.1) is 11.2 Å². The highest BCUT2D eigenvalue weighted by Crippen LogP contribution is 2.64. The number of hydrogen-bond acceptors (Lipinski definition) is 3. The number of carbonyl (C=O) groups is 1. The van der Waals surface area contributed by atoms with E-state index >= 15 is 0 Å². The van der Waals surface area contributed by atoms with Crippen molar-refractivity contribution in [1.82, 2.24) is 0 Å². The van der Waals surface area contributed by atoms with Gasteiger partial charge in [0.25, 0.3) is 0 Å². The number of aliphatic hydroxyl groups is 1. The number of fused-ring (bicyclic) bond motifs is 4. The second kappa shape index (κ2) is 7.01. The monoisotopic (exact) mass is 484 g/mol. The second-order valence-corrected chi connectivity index (χ2v) is 12.1. The molecule has 1 aliphatic heterocycles. The van der Waals surface area contributed by atoms with Gasteiger partial charge in [0, 0.05) is 35.3 Å². The molecule has 1 aromatic carbocycles. The summed E-state index contributed by atoms with van der Waals surface area (Å²) < 4.78 is 7.31. The maximum atomic E-state index is 13.1. The number of Topliss-reactive ketones (excluding diaryl/α,β-unsaturated/α-hetero) is 1. The summed E-state index contributed by atoms with van der Waals surface area (Å²) in [7, 11) is 0. The quantitative estimate of drug-likeness (QED) is 0.490. The van der Waals surface area contributed by atoms with Gasteiger partial charge in [-0.25, -0.2) is 0 Å². The van der Waals surface area contributed by atoms with Crippen LogP contribution >= 0.6 is 15.9 Å². The molecule has 0 radical (unpaired) electrons. The van der Waals surface area contributed by atoms with Crippen LogP contribution in [0.2, 0.25) is 0 Å². The van der Waals surface area contributed by atoms with Crippen LogP contribution < -0.4 is 0 Å². The van der Waals surface area contributed by atoms with Crippen LogP contribution in [0, 0.1) is 17.3 Å². The molecule has 0 bridgehead atoms. The minimum Gasteiger partial charge on any atom is -0.385 e. The molecule has 1 heterocycles. The minimum absolute atomic E-state index is 0.106. The highest BCUT2D eigenvalue weighted by molar-refractivity contribution is 9.10. The lowest BCUT2D eigenvalue weighted by molar-refractivity contribution is -0.129. The Hall–Kier alpha value is -0.970. The third-order valence-corrected chi connectivity index (χ3v) is 10.2. The Morgan fingerprint density at radius 3 is 2.65 bits per heavy atom. The molecule has 0 aromatic heterocycles. The van der Waals surface area contributed by atoms with Crippen LogP contribution in [0.4, 0.5) is 0 Å². The highest BCUT2D eigenvalue weighted by atomic mass is 79.9. The largest absolute Gasteiger partial charge is 0.385 e. The first-order chi connectivity index (χ1) is 14.8. The van der Waals surface area contributed by atoms with Crippen molar-refractivity contribution >= 4 is 21.7 Å². The fourth-order valence-corrected chi connectivity index (χ4v) is 8.52. The third kappa shape index (κ3) is 3.00. The Morgan fingerprint density at radius 2 is 1.90 bits per heavy atom. The van der Waals surface area contributed by atoms with Crippen LogP contribution in [0.15, 0.2) is 39.9 Å². The van der Waals surface area contributed by atoms with Crippen molar-refractivity contribution in [3.8, 4) is 0 Å². The first-order valence-electron chi connectivity index (χ1n) is 12.2. The van der Waals surface area contributed by atoms with Gasteiger partial charge in [-0.05, 0) is 86.5 Å². The molecule has 4 heteroatoms. The van der Waals surface area contributed by atoms with Crippen molar-refractivity contribution in [2.75, 3.05) is 6.61 Å². The van der Waals surface area contributed by atoms with Gasteiger partial charge in [-0.2, -0.15) is 0 Å². The molecule has 3 nitrogen and oxygen atoms in total. The minimum atomic E-state index is -0.724. The fourth-order valence-electron chi connectivity index (χ4n) is 8.25. The molecule has 1 spiro atoms. The Balaban J connectivity index is 1.48. The summed E-state index contributed by atoms with van der Waals surface area (Å²) in [6.45, 7) is 3.08. The first kappa shape index (κ1) is 20.6. The van der Waals surface area contributed by atoms with Gasteiger partial charge >= 0.3 is 0 Å². The fraction of sp³-hybridized carbons (Fsp3) is 0.667. The molecule has 4 aliphatic carbocycles. The van der Waals surface area contributed by atoms with Crippen molar-refractivity contribution in [3.63, 3.8) is 0 Å². The van der Waals surface area contributed by atoms with E-state index in [2.05, 4.69) is 47.1 Å². The molecule has 0 amide bonds. The number of halogens is 1. The van der Waals surface area contributed by atoms with Gasteiger partial charge in [0.2, 0.25) is 0 Å². The van der Waals surface area contributed by atoms with Crippen LogP contribution in [-0.4, -0.2) is 28.7 Å². The first-order valence-corrected chi connectivity index (χ1v) is 13.0. The van der Waals surface area contributed by atoms with Gasteiger partial charge in [-0.3, -0.25) is 4.79 Å². The van der Waals surface area contributed by atoms with Crippen LogP contribution in [-0.2, 0) is 9.53 Å². The number of carbonyl (C=O) groups excluding carboxylic acids is 1. The Labute approximate surface area is 193 Å². The molecule has 6 rings (SSSR count). The summed E-state index contributed by atoms with van der Waals surface area (Å²) in [6, 6.07) is 8.69. The van der Waals surface area contributed by atoms with E-state index in [-0.39, 0.29) is 16.9 Å². The molecule has 1 aromatic rings. The number of rotatable bonds is 1. The molecule has 1 N–H and O–H groups in total. The smallest absolute Gasteiger partial charge is 0.139 e. The molecule has 3 saturated carbocycles. The maximum Gasteiger partial charge on any atom is 0.139 e. The summed E-state index contributed by atoms with van der Waals surface area (Å²) in [4.78, 5) is 13.1. The Kier molecular flexibility index (Phi) is 4.67. The molecule has 6 atom stereocenters. The zero-order valence-electron chi connectivity index (χ0n) is 18.5. The third-order valence-electron chi connectivity index (χ3n) is 9.71. The average molecular weight is 485 g/mol. The zero-order valence-corrected chi connectivity index (χ0v) is 20.0. The van der Waals surface area contributed by atoms with Crippen molar-refractivity contribution < 1.29 is 14.6 Å². The predicted molar refractivity (Wildman–Crippen MR) is 124 cm³/mol. The number of ether oxygens (including phenoxy) is 1. The van der Waals surface area contributed by atoms with Crippen molar-refractivity contribution in [3.05, 3.63) is 45.4 Å². The van der Waals surface area contributed by atoms with E-state index in [1.54, 1.807) is 0 Å². The van der Waals surface area contributed by atoms with E-state index in [1.165, 1.54) is 16.7 Å². The summed E-state index contributed by atoms with van der Waals surface area (Å²) in [5.74, 6) is 1.58. The van der Waals surface area contributed by atoms with Gasteiger partial charge in [-0.15, -0.1) is 0 Å². The SMILES string of the molecule is C[C@]12C[C@H](c3ccc(Br)cc3)C3=C4CCC5(CCCO5)C[C@]4(O)CCC3C1CCC2=O. The van der Waals surface area contributed by atoms with Gasteiger partial charge in [-0.1, -0.05) is 40.6 Å². The Morgan fingerprint density at radius 1 is 1.10 bits per heavy atom. The lowest BCUT2D eigenvalue weighted by atomic mass is 9.51. The number of allylic oxidation sites excluding steroid dienone is 1. The van der Waals surface area contributed by atoms with E-state index in [9.17, 15) is 9.90 Å². The maximum absolute atomic E-state index is 13.1. The Bertz CT molecular complexity index is 944. The summed E-state index contributed by atoms with van der Waals surface area (Å²) >= 11 is 3.58. The van der Waals surface area contributed by atoms with Crippen molar-refractivity contribution in [2.45, 2.75) is 88.3 Å². The van der Waals surface area contributed by atoms with Crippen molar-refractivity contribution in [2.24, 2.45) is 17.3 Å². The van der Waals surface area contributed by atoms with Gasteiger partial charge < -0.3 is 9.84 Å². The van der Waals surface area contributed by atoms with E-state index in [4.69, 9.17) is 4.74 Å². The molecule has 3 unspecified atom stereocenters. The molecule has 31 heavy (non-hydrogen) atoms. The topological polar surface area (TPSA) is 46.5 Å². The molecule has 166 valence electrons. The van der Waals surface area contributed by atoms with E-state index in [0.29, 0.717) is 17.6 Å².